The maximum absolute atomic E-state index is 12.5. The molecular formula is C10H12BrNO4S2. The second-order valence-corrected chi connectivity index (χ2v) is 9.00. The van der Waals surface area contributed by atoms with E-state index in [4.69, 9.17) is 0 Å². The molecule has 18 heavy (non-hydrogen) atoms. The molecule has 3 atom stereocenters. The van der Waals surface area contributed by atoms with Crippen LogP contribution in [0.4, 0.5) is 0 Å². The monoisotopic (exact) mass is 353 g/mol. The van der Waals surface area contributed by atoms with E-state index in [-0.39, 0.29) is 21.2 Å². The van der Waals surface area contributed by atoms with E-state index in [0.717, 1.165) is 0 Å². The molecule has 1 aliphatic heterocycles. The summed E-state index contributed by atoms with van der Waals surface area (Å²) >= 11 is 1.10. The van der Waals surface area contributed by atoms with Crippen molar-refractivity contribution in [2.24, 2.45) is 0 Å². The number of nitrogens with zero attached hydrogens (tertiary/aromatic N) is 1. The van der Waals surface area contributed by atoms with Crippen molar-refractivity contribution >= 4 is 37.3 Å². The van der Waals surface area contributed by atoms with Gasteiger partial charge in [-0.3, -0.25) is 0 Å². The Kier molecular flexibility index (Phi) is 3.79. The molecule has 3 unspecified atom stereocenters. The van der Waals surface area contributed by atoms with Crippen molar-refractivity contribution in [1.29, 1.82) is 0 Å². The van der Waals surface area contributed by atoms with Crippen molar-refractivity contribution in [3.8, 4) is 0 Å². The number of halogens is 1. The first-order valence-corrected chi connectivity index (χ1v) is 8.80. The van der Waals surface area contributed by atoms with Gasteiger partial charge in [-0.05, 0) is 12.5 Å². The summed E-state index contributed by atoms with van der Waals surface area (Å²) in [6.45, 7) is 1.56. The van der Waals surface area contributed by atoms with E-state index in [1.54, 1.807) is 6.07 Å². The fourth-order valence-electron chi connectivity index (χ4n) is 1.73. The van der Waals surface area contributed by atoms with E-state index in [1.165, 1.54) is 18.2 Å². The molecule has 0 aromatic heterocycles. The molecule has 5 nitrogen and oxygen atoms in total. The lowest BCUT2D eigenvalue weighted by Crippen LogP contribution is -2.50. The lowest BCUT2D eigenvalue weighted by molar-refractivity contribution is -0.608. The van der Waals surface area contributed by atoms with Gasteiger partial charge in [0.15, 0.2) is 4.90 Å². The number of hydrogen-bond acceptors (Lipinski definition) is 4. The summed E-state index contributed by atoms with van der Waals surface area (Å²) < 4.78 is 34.9. The molecular weight excluding hydrogens is 342 g/mol. The zero-order chi connectivity index (χ0) is 13.6. The molecule has 1 aromatic carbocycles. The van der Waals surface area contributed by atoms with Crippen LogP contribution in [0.3, 0.4) is 0 Å². The van der Waals surface area contributed by atoms with Gasteiger partial charge in [0.2, 0.25) is 16.3 Å². The first-order chi connectivity index (χ1) is 8.34. The molecule has 2 rings (SSSR count). The number of benzene rings is 1. The third-order valence-corrected chi connectivity index (χ3v) is 8.04. The SMILES string of the molecule is CCC(Br)C[N+]1([O-])[S+]([O-])c2ccccc2S1(=O)=O. The van der Waals surface area contributed by atoms with Crippen LogP contribution in [0.15, 0.2) is 34.1 Å². The van der Waals surface area contributed by atoms with Crippen molar-refractivity contribution < 1.29 is 16.4 Å². The lowest BCUT2D eigenvalue weighted by atomic mass is 10.3. The Morgan fingerprint density at radius 1 is 1.44 bits per heavy atom. The number of sulfonamides is 1. The number of quaternary nitrogens is 1. The lowest BCUT2D eigenvalue weighted by Gasteiger charge is -2.33. The predicted molar refractivity (Wildman–Crippen MR) is 71.5 cm³/mol. The van der Waals surface area contributed by atoms with Gasteiger partial charge in [-0.25, -0.2) is 0 Å². The number of fused-ring (bicyclic) bond motifs is 1. The summed E-state index contributed by atoms with van der Waals surface area (Å²) in [7, 11) is -4.15. The molecule has 0 spiro atoms. The van der Waals surface area contributed by atoms with Gasteiger partial charge in [-0.2, -0.15) is 8.42 Å². The summed E-state index contributed by atoms with van der Waals surface area (Å²) in [5.74, 6) is 0. The van der Waals surface area contributed by atoms with Crippen LogP contribution in [0.1, 0.15) is 13.3 Å². The molecule has 0 bridgehead atoms. The Balaban J connectivity index is 2.54. The van der Waals surface area contributed by atoms with E-state index in [9.17, 15) is 18.2 Å². The number of alkyl halides is 1. The van der Waals surface area contributed by atoms with Crippen LogP contribution < -0.4 is 0 Å². The molecule has 0 N–H and O–H groups in total. The molecule has 0 amide bonds. The molecule has 1 heterocycles. The summed E-state index contributed by atoms with van der Waals surface area (Å²) in [5.41, 5.74) is 0. The van der Waals surface area contributed by atoms with Crippen molar-refractivity contribution in [3.63, 3.8) is 0 Å². The third-order valence-electron chi connectivity index (χ3n) is 2.80. The summed E-state index contributed by atoms with van der Waals surface area (Å²) in [4.78, 5) is -0.305. The Morgan fingerprint density at radius 3 is 2.61 bits per heavy atom. The fourth-order valence-corrected chi connectivity index (χ4v) is 6.55. The minimum Gasteiger partial charge on any atom is -0.570 e. The molecule has 0 aliphatic carbocycles. The van der Waals surface area contributed by atoms with Crippen molar-refractivity contribution in [2.45, 2.75) is 28.0 Å². The van der Waals surface area contributed by atoms with Gasteiger partial charge < -0.3 is 9.76 Å². The normalized spacial score (nSPS) is 31.0. The maximum atomic E-state index is 12.5. The third kappa shape index (κ3) is 1.91. The second-order valence-electron chi connectivity index (χ2n) is 3.97. The summed E-state index contributed by atoms with van der Waals surface area (Å²) in [6.07, 6.45) is 0.589. The molecule has 1 aromatic rings. The maximum Gasteiger partial charge on any atom is 0.373 e. The van der Waals surface area contributed by atoms with E-state index in [0.29, 0.717) is 6.42 Å². The molecule has 0 radical (unpaired) electrons. The Hall–Kier alpha value is -0.120. The average molecular weight is 354 g/mol. The fraction of sp³-hybridized carbons (Fsp3) is 0.400. The van der Waals surface area contributed by atoms with Gasteiger partial charge in [0.1, 0.15) is 6.54 Å². The van der Waals surface area contributed by atoms with Gasteiger partial charge in [-0.1, -0.05) is 38.4 Å². The van der Waals surface area contributed by atoms with Gasteiger partial charge in [0, 0.05) is 6.07 Å². The quantitative estimate of drug-likeness (QED) is 0.359. The van der Waals surface area contributed by atoms with Gasteiger partial charge >= 0.3 is 10.0 Å². The van der Waals surface area contributed by atoms with Crippen molar-refractivity contribution in [3.05, 3.63) is 29.5 Å². The topological polar surface area (TPSA) is 80.3 Å². The van der Waals surface area contributed by atoms with Crippen molar-refractivity contribution in [1.82, 2.24) is 0 Å². The van der Waals surface area contributed by atoms with Crippen LogP contribution in [-0.2, 0) is 21.4 Å². The Labute approximate surface area is 117 Å². The van der Waals surface area contributed by atoms with E-state index in [2.05, 4.69) is 15.9 Å². The Morgan fingerprint density at radius 2 is 2.06 bits per heavy atom. The van der Waals surface area contributed by atoms with Gasteiger partial charge in [0.05, 0.1) is 4.83 Å². The number of rotatable bonds is 3. The minimum atomic E-state index is -4.15. The molecule has 0 saturated carbocycles. The molecule has 0 fully saturated rings. The highest BCUT2D eigenvalue weighted by atomic mass is 79.9. The van der Waals surface area contributed by atoms with Crippen LogP contribution in [0.25, 0.3) is 0 Å². The molecule has 100 valence electrons. The van der Waals surface area contributed by atoms with Crippen LogP contribution in [0.2, 0.25) is 0 Å². The standard InChI is InChI=1S/C10H12BrNO4S2/c1-2-8(11)7-12(13)17(14)9-5-3-4-6-10(9)18(12,15)16/h3-6,8H,2,7H2,1H3. The van der Waals surface area contributed by atoms with E-state index in [1.807, 2.05) is 6.92 Å². The second kappa shape index (κ2) is 4.77. The number of hydrogen-bond donors (Lipinski definition) is 0. The van der Waals surface area contributed by atoms with E-state index < -0.39 is 24.8 Å². The highest BCUT2D eigenvalue weighted by Gasteiger charge is 2.58. The van der Waals surface area contributed by atoms with Crippen LogP contribution >= 0.6 is 15.9 Å². The van der Waals surface area contributed by atoms with Crippen LogP contribution in [0, 0.1) is 5.21 Å². The Bertz CT molecular complexity index is 565. The summed E-state index contributed by atoms with van der Waals surface area (Å²) in [5, 5.41) is 12.5. The van der Waals surface area contributed by atoms with E-state index >= 15 is 0 Å². The molecule has 1 aliphatic rings. The van der Waals surface area contributed by atoms with Crippen molar-refractivity contribution in [2.75, 3.05) is 6.54 Å². The first kappa shape index (κ1) is 14.3. The first-order valence-electron chi connectivity index (χ1n) is 5.34. The zero-order valence-electron chi connectivity index (χ0n) is 9.58. The average Bonchev–Trinajstić information content (AvgIpc) is 2.50. The largest absolute Gasteiger partial charge is 0.570 e. The van der Waals surface area contributed by atoms with Gasteiger partial charge in [-0.15, -0.1) is 0 Å². The minimum absolute atomic E-state index is 0.100. The smallest absolute Gasteiger partial charge is 0.373 e. The van der Waals surface area contributed by atoms with Crippen LogP contribution in [-0.4, -0.2) is 27.8 Å². The zero-order valence-corrected chi connectivity index (χ0v) is 12.8. The predicted octanol–water partition coefficient (Wildman–Crippen LogP) is 1.90. The van der Waals surface area contributed by atoms with Gasteiger partial charge in [0.25, 0.3) is 0 Å². The number of hydroxylamine groups is 1. The molecule has 8 heteroatoms. The molecule has 0 saturated heterocycles. The highest BCUT2D eigenvalue weighted by Crippen LogP contribution is 2.43. The van der Waals surface area contributed by atoms with Crippen LogP contribution in [0.5, 0.6) is 0 Å². The summed E-state index contributed by atoms with van der Waals surface area (Å²) in [6, 6.07) is 5.85. The highest BCUT2D eigenvalue weighted by molar-refractivity contribution is 9.09.